The average molecular weight is 257 g/mol. The van der Waals surface area contributed by atoms with Crippen molar-refractivity contribution < 1.29 is 18.8 Å². The number of benzene rings is 1. The Kier molecular flexibility index (Phi) is 4.59. The lowest BCUT2D eigenvalue weighted by molar-refractivity contribution is 0.0950. The largest absolute Gasteiger partial charge is 0.409 e. The molecule has 0 aliphatic carbocycles. The first-order chi connectivity index (χ1) is 8.45. The van der Waals surface area contributed by atoms with Gasteiger partial charge in [-0.2, -0.15) is 0 Å². The second-order valence-corrected chi connectivity index (χ2v) is 3.68. The van der Waals surface area contributed by atoms with Crippen LogP contribution >= 0.6 is 0 Å². The van der Waals surface area contributed by atoms with Crippen molar-refractivity contribution in [3.8, 4) is 0 Å². The van der Waals surface area contributed by atoms with Crippen molar-refractivity contribution in [2.24, 2.45) is 10.9 Å². The Bertz CT molecular complexity index is 489. The summed E-state index contributed by atoms with van der Waals surface area (Å²) in [6.07, 6.45) is 0.129. The van der Waals surface area contributed by atoms with Gasteiger partial charge in [-0.05, 0) is 18.6 Å². The molecule has 0 atom stereocenters. The van der Waals surface area contributed by atoms with Gasteiger partial charge in [0.15, 0.2) is 0 Å². The molecule has 1 aromatic carbocycles. The molecule has 1 rings (SSSR count). The molecule has 0 heterocycles. The Hall–Kier alpha value is -2.18. The van der Waals surface area contributed by atoms with E-state index in [2.05, 4.69) is 10.5 Å². The first kappa shape index (κ1) is 13.9. The van der Waals surface area contributed by atoms with Gasteiger partial charge in [-0.15, -0.1) is 0 Å². The smallest absolute Gasteiger partial charge is 0.254 e. The van der Waals surface area contributed by atoms with E-state index in [1.54, 1.807) is 0 Å². The lowest BCUT2D eigenvalue weighted by Gasteiger charge is -2.07. The minimum Gasteiger partial charge on any atom is -0.409 e. The molecule has 0 spiro atoms. The molecule has 1 aromatic rings. The number of hydrogen-bond donors (Lipinski definition) is 3. The highest BCUT2D eigenvalue weighted by Crippen LogP contribution is 2.13. The number of nitrogens with two attached hydrogens (primary N) is 1. The maximum atomic E-state index is 13.3. The average Bonchev–Trinajstić information content (AvgIpc) is 2.33. The van der Waals surface area contributed by atoms with Gasteiger partial charge in [0.1, 0.15) is 17.5 Å². The summed E-state index contributed by atoms with van der Waals surface area (Å²) in [6.45, 7) is 1.52. The van der Waals surface area contributed by atoms with Gasteiger partial charge in [0.25, 0.3) is 5.91 Å². The Morgan fingerprint density at radius 2 is 2.11 bits per heavy atom. The van der Waals surface area contributed by atoms with Crippen molar-refractivity contribution in [1.82, 2.24) is 5.32 Å². The van der Waals surface area contributed by atoms with Crippen molar-refractivity contribution in [2.45, 2.75) is 13.3 Å². The molecule has 0 saturated heterocycles. The van der Waals surface area contributed by atoms with Crippen LogP contribution in [0.15, 0.2) is 17.3 Å². The molecule has 0 unspecified atom stereocenters. The first-order valence-corrected chi connectivity index (χ1v) is 5.16. The van der Waals surface area contributed by atoms with Crippen LogP contribution in [0, 0.1) is 18.6 Å². The van der Waals surface area contributed by atoms with Gasteiger partial charge in [0.2, 0.25) is 0 Å². The number of nitrogens with zero attached hydrogens (tertiary/aromatic N) is 1. The van der Waals surface area contributed by atoms with E-state index in [0.717, 1.165) is 6.07 Å². The zero-order chi connectivity index (χ0) is 13.7. The summed E-state index contributed by atoms with van der Waals surface area (Å²) in [7, 11) is 0. The Morgan fingerprint density at radius 3 is 2.72 bits per heavy atom. The van der Waals surface area contributed by atoms with Gasteiger partial charge in [-0.25, -0.2) is 8.78 Å². The van der Waals surface area contributed by atoms with Crippen LogP contribution in [-0.4, -0.2) is 23.5 Å². The molecule has 0 saturated carbocycles. The molecule has 0 aliphatic rings. The van der Waals surface area contributed by atoms with E-state index in [4.69, 9.17) is 10.9 Å². The van der Waals surface area contributed by atoms with Crippen LogP contribution in [0.4, 0.5) is 8.78 Å². The number of carbonyl (C=O) groups excluding carboxylic acids is 1. The fourth-order valence-corrected chi connectivity index (χ4v) is 1.28. The van der Waals surface area contributed by atoms with Crippen molar-refractivity contribution in [2.75, 3.05) is 6.54 Å². The highest BCUT2D eigenvalue weighted by Gasteiger charge is 2.14. The van der Waals surface area contributed by atoms with Gasteiger partial charge in [0, 0.05) is 19.0 Å². The van der Waals surface area contributed by atoms with Crippen molar-refractivity contribution in [1.29, 1.82) is 0 Å². The van der Waals surface area contributed by atoms with Crippen LogP contribution in [0.5, 0.6) is 0 Å². The van der Waals surface area contributed by atoms with E-state index < -0.39 is 17.5 Å². The predicted molar refractivity (Wildman–Crippen MR) is 61.5 cm³/mol. The number of nitrogens with one attached hydrogen (secondary N) is 1. The third-order valence-electron chi connectivity index (χ3n) is 2.29. The van der Waals surface area contributed by atoms with Gasteiger partial charge < -0.3 is 16.3 Å². The number of amidine groups is 1. The fourth-order valence-electron chi connectivity index (χ4n) is 1.28. The Balaban J connectivity index is 2.70. The quantitative estimate of drug-likeness (QED) is 0.327. The van der Waals surface area contributed by atoms with Crippen LogP contribution in [0.3, 0.4) is 0 Å². The Labute approximate surface area is 102 Å². The van der Waals surface area contributed by atoms with E-state index in [-0.39, 0.29) is 29.9 Å². The van der Waals surface area contributed by atoms with E-state index >= 15 is 0 Å². The number of hydrogen-bond acceptors (Lipinski definition) is 3. The maximum Gasteiger partial charge on any atom is 0.254 e. The number of halogens is 2. The second-order valence-electron chi connectivity index (χ2n) is 3.68. The summed E-state index contributed by atoms with van der Waals surface area (Å²) < 4.78 is 26.3. The SMILES string of the molecule is Cc1cc(C(=O)NCC/C(N)=N/O)c(F)cc1F. The van der Waals surface area contributed by atoms with E-state index in [0.29, 0.717) is 6.07 Å². The number of amides is 1. The van der Waals surface area contributed by atoms with Gasteiger partial charge in [0.05, 0.1) is 5.56 Å². The van der Waals surface area contributed by atoms with E-state index in [9.17, 15) is 13.6 Å². The highest BCUT2D eigenvalue weighted by molar-refractivity contribution is 5.95. The number of aryl methyl sites for hydroxylation is 1. The van der Waals surface area contributed by atoms with E-state index in [1.807, 2.05) is 0 Å². The zero-order valence-corrected chi connectivity index (χ0v) is 9.70. The predicted octanol–water partition coefficient (Wildman–Crippen LogP) is 1.14. The minimum atomic E-state index is -0.931. The molecule has 5 nitrogen and oxygen atoms in total. The summed E-state index contributed by atoms with van der Waals surface area (Å²) in [6, 6.07) is 1.79. The summed E-state index contributed by atoms with van der Waals surface area (Å²) >= 11 is 0. The topological polar surface area (TPSA) is 87.7 Å². The number of rotatable bonds is 4. The highest BCUT2D eigenvalue weighted by atomic mass is 19.1. The Morgan fingerprint density at radius 1 is 1.44 bits per heavy atom. The summed E-state index contributed by atoms with van der Waals surface area (Å²) in [4.78, 5) is 11.6. The molecule has 0 aliphatic heterocycles. The van der Waals surface area contributed by atoms with Gasteiger partial charge in [-0.3, -0.25) is 4.79 Å². The molecular weight excluding hydrogens is 244 g/mol. The van der Waals surface area contributed by atoms with Crippen LogP contribution in [-0.2, 0) is 0 Å². The van der Waals surface area contributed by atoms with Crippen LogP contribution < -0.4 is 11.1 Å². The first-order valence-electron chi connectivity index (χ1n) is 5.16. The third kappa shape index (κ3) is 3.41. The normalized spacial score (nSPS) is 11.4. The summed E-state index contributed by atoms with van der Waals surface area (Å²) in [5.74, 6) is -2.37. The van der Waals surface area contributed by atoms with Crippen molar-refractivity contribution in [3.05, 3.63) is 34.9 Å². The lowest BCUT2D eigenvalue weighted by Crippen LogP contribution is -2.28. The summed E-state index contributed by atoms with van der Waals surface area (Å²) in [5, 5.41) is 13.4. The fraction of sp³-hybridized carbons (Fsp3) is 0.273. The van der Waals surface area contributed by atoms with Crippen molar-refractivity contribution in [3.63, 3.8) is 0 Å². The molecule has 7 heteroatoms. The summed E-state index contributed by atoms with van der Waals surface area (Å²) in [5.41, 5.74) is 5.13. The zero-order valence-electron chi connectivity index (χ0n) is 9.70. The molecule has 1 amide bonds. The van der Waals surface area contributed by atoms with Crippen LogP contribution in [0.25, 0.3) is 0 Å². The monoisotopic (exact) mass is 257 g/mol. The molecular formula is C11H13F2N3O2. The molecule has 4 N–H and O–H groups in total. The van der Waals surface area contributed by atoms with Gasteiger partial charge in [-0.1, -0.05) is 5.16 Å². The molecule has 0 bridgehead atoms. The van der Waals surface area contributed by atoms with Crippen LogP contribution in [0.1, 0.15) is 22.3 Å². The molecule has 0 fully saturated rings. The second kappa shape index (κ2) is 5.95. The van der Waals surface area contributed by atoms with E-state index in [1.165, 1.54) is 6.92 Å². The van der Waals surface area contributed by atoms with Gasteiger partial charge >= 0.3 is 0 Å². The molecule has 0 aromatic heterocycles. The minimum absolute atomic E-state index is 0.0499. The molecule has 0 radical (unpaired) electrons. The number of oxime groups is 1. The number of carbonyl (C=O) groups is 1. The molecule has 98 valence electrons. The maximum absolute atomic E-state index is 13.3. The standard InChI is InChI=1S/C11H13F2N3O2/c1-6-4-7(9(13)5-8(6)12)11(17)15-3-2-10(14)16-18/h4-5,18H,2-3H2,1H3,(H2,14,16)(H,15,17). The third-order valence-corrected chi connectivity index (χ3v) is 2.29. The molecule has 18 heavy (non-hydrogen) atoms. The lowest BCUT2D eigenvalue weighted by atomic mass is 10.1. The van der Waals surface area contributed by atoms with Crippen LogP contribution in [0.2, 0.25) is 0 Å². The van der Waals surface area contributed by atoms with Crippen molar-refractivity contribution >= 4 is 11.7 Å².